The highest BCUT2D eigenvalue weighted by Crippen LogP contribution is 2.11. The Morgan fingerprint density at radius 3 is 2.48 bits per heavy atom. The zero-order valence-corrected chi connectivity index (χ0v) is 13.6. The third-order valence-corrected chi connectivity index (χ3v) is 4.77. The molecule has 0 aliphatic heterocycles. The molecule has 2 rings (SSSR count). The maximum atomic E-state index is 11.8. The Kier molecular flexibility index (Phi) is 5.84. The Balaban J connectivity index is 1.82. The number of pyridine rings is 1. The van der Waals surface area contributed by atoms with E-state index in [9.17, 15) is 13.2 Å². The van der Waals surface area contributed by atoms with Crippen LogP contribution in [0.15, 0.2) is 53.6 Å². The van der Waals surface area contributed by atoms with E-state index < -0.39 is 10.0 Å². The molecule has 2 N–H and O–H groups in total. The number of amides is 1. The van der Waals surface area contributed by atoms with Crippen molar-refractivity contribution in [1.82, 2.24) is 15.0 Å². The van der Waals surface area contributed by atoms with E-state index in [1.807, 2.05) is 18.2 Å². The van der Waals surface area contributed by atoms with Crippen molar-refractivity contribution in [3.8, 4) is 0 Å². The second-order valence-electron chi connectivity index (χ2n) is 4.95. The van der Waals surface area contributed by atoms with Crippen molar-refractivity contribution in [2.75, 3.05) is 7.05 Å². The smallest absolute Gasteiger partial charge is 0.240 e. The van der Waals surface area contributed by atoms with Gasteiger partial charge in [-0.05, 0) is 43.3 Å². The van der Waals surface area contributed by atoms with Crippen LogP contribution in [0.4, 0.5) is 0 Å². The Hall–Kier alpha value is -2.25. The Morgan fingerprint density at radius 1 is 1.13 bits per heavy atom. The summed E-state index contributed by atoms with van der Waals surface area (Å²) >= 11 is 0. The molecule has 1 amide bonds. The minimum absolute atomic E-state index is 0.0671. The lowest BCUT2D eigenvalue weighted by Crippen LogP contribution is -2.23. The number of rotatable bonds is 7. The third-order valence-electron chi connectivity index (χ3n) is 3.34. The quantitative estimate of drug-likeness (QED) is 0.798. The summed E-state index contributed by atoms with van der Waals surface area (Å²) in [6.45, 7) is 0.402. The van der Waals surface area contributed by atoms with Gasteiger partial charge in [0.2, 0.25) is 15.9 Å². The van der Waals surface area contributed by atoms with Gasteiger partial charge in [0, 0.05) is 12.6 Å². The van der Waals surface area contributed by atoms with E-state index in [0.717, 1.165) is 11.3 Å². The Bertz CT molecular complexity index is 744. The number of benzene rings is 1. The molecular formula is C16H19N3O3S. The van der Waals surface area contributed by atoms with Gasteiger partial charge in [0.05, 0.1) is 17.1 Å². The summed E-state index contributed by atoms with van der Waals surface area (Å²) < 4.78 is 25.5. The number of nitrogens with zero attached hydrogens (tertiary/aromatic N) is 1. The van der Waals surface area contributed by atoms with E-state index in [1.165, 1.54) is 19.2 Å². The van der Waals surface area contributed by atoms with Gasteiger partial charge in [0.1, 0.15) is 0 Å². The van der Waals surface area contributed by atoms with Gasteiger partial charge in [-0.15, -0.1) is 0 Å². The minimum atomic E-state index is -3.42. The Labute approximate surface area is 136 Å². The van der Waals surface area contributed by atoms with Crippen LogP contribution in [0.3, 0.4) is 0 Å². The largest absolute Gasteiger partial charge is 0.350 e. The topological polar surface area (TPSA) is 88.2 Å². The molecule has 23 heavy (non-hydrogen) atoms. The molecule has 7 heteroatoms. The Morgan fingerprint density at radius 2 is 1.87 bits per heavy atom. The average Bonchev–Trinajstić information content (AvgIpc) is 2.59. The number of hydrogen-bond donors (Lipinski definition) is 2. The third kappa shape index (κ3) is 5.15. The SMILES string of the molecule is CNS(=O)(=O)c1ccc(CCC(=O)NCc2ccccn2)cc1. The molecule has 0 fully saturated rings. The molecule has 0 atom stereocenters. The molecule has 122 valence electrons. The van der Waals surface area contributed by atoms with Crippen LogP contribution in [0.5, 0.6) is 0 Å². The fourth-order valence-corrected chi connectivity index (χ4v) is 2.72. The maximum absolute atomic E-state index is 11.8. The van der Waals surface area contributed by atoms with Crippen LogP contribution in [0.1, 0.15) is 17.7 Å². The van der Waals surface area contributed by atoms with Gasteiger partial charge < -0.3 is 5.32 Å². The lowest BCUT2D eigenvalue weighted by molar-refractivity contribution is -0.121. The van der Waals surface area contributed by atoms with E-state index in [-0.39, 0.29) is 10.8 Å². The van der Waals surface area contributed by atoms with Crippen LogP contribution in [0.2, 0.25) is 0 Å². The number of hydrogen-bond acceptors (Lipinski definition) is 4. The minimum Gasteiger partial charge on any atom is -0.350 e. The van der Waals surface area contributed by atoms with E-state index in [2.05, 4.69) is 15.0 Å². The monoisotopic (exact) mass is 333 g/mol. The standard InChI is InChI=1S/C16H19N3O3S/c1-17-23(21,22)15-8-5-13(6-9-15)7-10-16(20)19-12-14-4-2-3-11-18-14/h2-6,8-9,11,17H,7,10,12H2,1H3,(H,19,20). The number of aryl methyl sites for hydroxylation is 1. The van der Waals surface area contributed by atoms with E-state index in [1.54, 1.807) is 18.3 Å². The first-order valence-electron chi connectivity index (χ1n) is 7.20. The van der Waals surface area contributed by atoms with Gasteiger partial charge in [-0.25, -0.2) is 13.1 Å². The zero-order valence-electron chi connectivity index (χ0n) is 12.8. The fourth-order valence-electron chi connectivity index (χ4n) is 1.99. The van der Waals surface area contributed by atoms with Crippen LogP contribution in [0.25, 0.3) is 0 Å². The van der Waals surface area contributed by atoms with E-state index in [0.29, 0.717) is 19.4 Å². The molecule has 0 aliphatic rings. The predicted molar refractivity (Wildman–Crippen MR) is 87.1 cm³/mol. The number of nitrogens with one attached hydrogen (secondary N) is 2. The highest BCUT2D eigenvalue weighted by Gasteiger charge is 2.10. The summed E-state index contributed by atoms with van der Waals surface area (Å²) in [5.74, 6) is -0.0671. The van der Waals surface area contributed by atoms with Crippen LogP contribution in [0, 0.1) is 0 Å². The van der Waals surface area contributed by atoms with Gasteiger partial charge in [-0.3, -0.25) is 9.78 Å². The highest BCUT2D eigenvalue weighted by molar-refractivity contribution is 7.89. The molecular weight excluding hydrogens is 314 g/mol. The van der Waals surface area contributed by atoms with Crippen molar-refractivity contribution in [2.45, 2.75) is 24.3 Å². The van der Waals surface area contributed by atoms with Crippen molar-refractivity contribution in [3.63, 3.8) is 0 Å². The van der Waals surface area contributed by atoms with Crippen molar-refractivity contribution in [3.05, 3.63) is 59.9 Å². The molecule has 0 saturated carbocycles. The highest BCUT2D eigenvalue weighted by atomic mass is 32.2. The summed E-state index contributed by atoms with van der Waals surface area (Å²) in [6, 6.07) is 12.0. The van der Waals surface area contributed by atoms with Crippen molar-refractivity contribution < 1.29 is 13.2 Å². The van der Waals surface area contributed by atoms with E-state index in [4.69, 9.17) is 0 Å². The fraction of sp³-hybridized carbons (Fsp3) is 0.250. The van der Waals surface area contributed by atoms with Gasteiger partial charge in [-0.1, -0.05) is 18.2 Å². The van der Waals surface area contributed by atoms with Crippen LogP contribution in [-0.4, -0.2) is 26.4 Å². The molecule has 0 saturated heterocycles. The number of aromatic nitrogens is 1. The van der Waals surface area contributed by atoms with Gasteiger partial charge in [-0.2, -0.15) is 0 Å². The normalized spacial score (nSPS) is 11.2. The molecule has 0 spiro atoms. The first kappa shape index (κ1) is 17.1. The summed E-state index contributed by atoms with van der Waals surface area (Å²) in [5, 5.41) is 2.81. The lowest BCUT2D eigenvalue weighted by atomic mass is 10.1. The summed E-state index contributed by atoms with van der Waals surface area (Å²) in [5.41, 5.74) is 1.72. The molecule has 6 nitrogen and oxygen atoms in total. The molecule has 0 aliphatic carbocycles. The van der Waals surface area contributed by atoms with Gasteiger partial charge >= 0.3 is 0 Å². The predicted octanol–water partition coefficient (Wildman–Crippen LogP) is 1.24. The second kappa shape index (κ2) is 7.85. The van der Waals surface area contributed by atoms with Gasteiger partial charge in [0.15, 0.2) is 0 Å². The summed E-state index contributed by atoms with van der Waals surface area (Å²) in [4.78, 5) is 16.2. The lowest BCUT2D eigenvalue weighted by Gasteiger charge is -2.06. The van der Waals surface area contributed by atoms with Crippen LogP contribution >= 0.6 is 0 Å². The second-order valence-corrected chi connectivity index (χ2v) is 6.84. The maximum Gasteiger partial charge on any atom is 0.240 e. The zero-order chi connectivity index (χ0) is 16.7. The average molecular weight is 333 g/mol. The molecule has 0 unspecified atom stereocenters. The number of carbonyl (C=O) groups is 1. The van der Waals surface area contributed by atoms with Crippen LogP contribution < -0.4 is 10.0 Å². The van der Waals surface area contributed by atoms with Crippen molar-refractivity contribution in [1.29, 1.82) is 0 Å². The molecule has 2 aromatic rings. The van der Waals surface area contributed by atoms with Crippen molar-refractivity contribution >= 4 is 15.9 Å². The molecule has 0 bridgehead atoms. The first-order chi connectivity index (χ1) is 11.0. The van der Waals surface area contributed by atoms with E-state index >= 15 is 0 Å². The van der Waals surface area contributed by atoms with Crippen molar-refractivity contribution in [2.24, 2.45) is 0 Å². The molecule has 1 aromatic heterocycles. The summed E-state index contributed by atoms with van der Waals surface area (Å²) in [7, 11) is -2.05. The molecule has 1 heterocycles. The first-order valence-corrected chi connectivity index (χ1v) is 8.68. The van der Waals surface area contributed by atoms with Crippen LogP contribution in [-0.2, 0) is 27.8 Å². The molecule has 0 radical (unpaired) electrons. The number of carbonyl (C=O) groups excluding carboxylic acids is 1. The van der Waals surface area contributed by atoms with Gasteiger partial charge in [0.25, 0.3) is 0 Å². The summed E-state index contributed by atoms with van der Waals surface area (Å²) in [6.07, 6.45) is 2.57. The molecule has 1 aromatic carbocycles. The number of sulfonamides is 1.